The minimum atomic E-state index is -1.02. The summed E-state index contributed by atoms with van der Waals surface area (Å²) in [6.07, 6.45) is 1.20. The van der Waals surface area contributed by atoms with E-state index in [2.05, 4.69) is 0 Å². The van der Waals surface area contributed by atoms with Crippen LogP contribution in [0, 0.1) is 17.6 Å². The Labute approximate surface area is 231 Å². The quantitative estimate of drug-likeness (QED) is 0.308. The number of carbonyl (C=O) groups is 2. The largest absolute Gasteiger partial charge is 0.480 e. The van der Waals surface area contributed by atoms with Gasteiger partial charge in [0.1, 0.15) is 23.8 Å². The number of benzene rings is 3. The Balaban J connectivity index is 1.29. The lowest BCUT2D eigenvalue weighted by molar-refractivity contribution is -0.216. The second-order valence-electron chi connectivity index (χ2n) is 10.5. The highest BCUT2D eigenvalue weighted by molar-refractivity contribution is 6.03. The average molecular weight is 552 g/mol. The van der Waals surface area contributed by atoms with E-state index in [1.807, 2.05) is 24.3 Å². The summed E-state index contributed by atoms with van der Waals surface area (Å²) in [4.78, 5) is 25.9. The average Bonchev–Trinajstić information content (AvgIpc) is 2.92. The van der Waals surface area contributed by atoms with E-state index in [0.29, 0.717) is 50.1 Å². The van der Waals surface area contributed by atoms with E-state index in [9.17, 15) is 23.5 Å². The van der Waals surface area contributed by atoms with Crippen LogP contribution in [0.3, 0.4) is 0 Å². The van der Waals surface area contributed by atoms with Gasteiger partial charge in [0.15, 0.2) is 0 Å². The number of hydrogen-bond donors (Lipinski definition) is 2. The Hall–Kier alpha value is -3.66. The summed E-state index contributed by atoms with van der Waals surface area (Å²) < 4.78 is 37.7. The maximum atomic E-state index is 13.6. The molecule has 3 atom stereocenters. The molecule has 2 aliphatic rings. The molecule has 2 N–H and O–H groups in total. The highest BCUT2D eigenvalue weighted by Crippen LogP contribution is 2.46. The lowest BCUT2D eigenvalue weighted by Crippen LogP contribution is -2.55. The van der Waals surface area contributed by atoms with Gasteiger partial charge in [0.25, 0.3) is 0 Å². The normalized spacial score (nSPS) is 20.5. The first kappa shape index (κ1) is 27.9. The number of halogens is 2. The van der Waals surface area contributed by atoms with Crippen molar-refractivity contribution in [3.8, 4) is 0 Å². The highest BCUT2D eigenvalue weighted by Gasteiger charge is 2.48. The first-order valence-corrected chi connectivity index (χ1v) is 13.3. The highest BCUT2D eigenvalue weighted by atomic mass is 19.1. The smallest absolute Gasteiger partial charge is 0.329 e. The van der Waals surface area contributed by atoms with E-state index in [1.165, 1.54) is 36.4 Å². The number of carbonyl (C=O) groups excluding carboxylic acids is 1. The van der Waals surface area contributed by atoms with Crippen LogP contribution in [0.2, 0.25) is 0 Å². The zero-order chi connectivity index (χ0) is 28.3. The molecule has 3 aromatic carbocycles. The molecule has 0 radical (unpaired) electrons. The van der Waals surface area contributed by atoms with Crippen molar-refractivity contribution in [2.24, 2.45) is 5.92 Å². The molecule has 3 aromatic rings. The van der Waals surface area contributed by atoms with Crippen molar-refractivity contribution in [1.82, 2.24) is 0 Å². The second kappa shape index (κ2) is 11.8. The topological polar surface area (TPSA) is 96.3 Å². The molecule has 2 aliphatic heterocycles. The van der Waals surface area contributed by atoms with E-state index < -0.39 is 23.5 Å². The number of ether oxygens (including phenoxy) is 2. The zero-order valence-electron chi connectivity index (χ0n) is 21.8. The molecule has 9 heteroatoms. The fraction of sp³-hybridized carbons (Fsp3) is 0.355. The van der Waals surface area contributed by atoms with E-state index in [-0.39, 0.29) is 30.3 Å². The van der Waals surface area contributed by atoms with Crippen LogP contribution in [-0.4, -0.2) is 47.5 Å². The number of anilines is 1. The number of nitrogens with zero attached hydrogens (tertiary/aromatic N) is 1. The summed E-state index contributed by atoms with van der Waals surface area (Å²) in [6, 6.07) is 19.1. The van der Waals surface area contributed by atoms with Gasteiger partial charge < -0.3 is 24.6 Å². The number of aliphatic hydroxyl groups is 1. The lowest BCUT2D eigenvalue weighted by Gasteiger charge is -2.48. The zero-order valence-corrected chi connectivity index (χ0v) is 21.8. The summed E-state index contributed by atoms with van der Waals surface area (Å²) >= 11 is 0. The van der Waals surface area contributed by atoms with Gasteiger partial charge in [0.2, 0.25) is 5.91 Å². The van der Waals surface area contributed by atoms with Gasteiger partial charge in [-0.2, -0.15) is 0 Å². The van der Waals surface area contributed by atoms with Gasteiger partial charge in [-0.3, -0.25) is 4.79 Å². The molecule has 1 unspecified atom stereocenters. The molecule has 0 bridgehead atoms. The minimum absolute atomic E-state index is 0.102. The molecule has 40 heavy (non-hydrogen) atoms. The molecule has 1 amide bonds. The summed E-state index contributed by atoms with van der Waals surface area (Å²) in [5.41, 5.74) is 2.55. The Morgan fingerprint density at radius 1 is 1.00 bits per heavy atom. The number of amides is 1. The van der Waals surface area contributed by atoms with Crippen LogP contribution in [-0.2, 0) is 25.5 Å². The fourth-order valence-corrected chi connectivity index (χ4v) is 5.39. The molecule has 0 saturated carbocycles. The summed E-state index contributed by atoms with van der Waals surface area (Å²) in [5.74, 6) is -2.28. The summed E-state index contributed by atoms with van der Waals surface area (Å²) in [5, 5.41) is 19.6. The Bertz CT molecular complexity index is 1330. The fourth-order valence-electron chi connectivity index (χ4n) is 5.39. The lowest BCUT2D eigenvalue weighted by atomic mass is 9.78. The van der Waals surface area contributed by atoms with Crippen molar-refractivity contribution in [2.75, 3.05) is 24.7 Å². The van der Waals surface area contributed by atoms with Gasteiger partial charge in [-0.25, -0.2) is 13.6 Å². The monoisotopic (exact) mass is 551 g/mol. The first-order valence-electron chi connectivity index (χ1n) is 13.3. The number of rotatable bonds is 12. The molecular weight excluding hydrogens is 520 g/mol. The van der Waals surface area contributed by atoms with Crippen LogP contribution in [0.5, 0.6) is 0 Å². The molecule has 0 spiro atoms. The van der Waals surface area contributed by atoms with Crippen molar-refractivity contribution in [2.45, 2.75) is 43.4 Å². The molecule has 5 rings (SSSR count). The number of aryl methyl sites for hydroxylation is 1. The number of carboxylic acid groups (broad SMARTS) is 1. The SMILES string of the molecule is O=C(O)COC1(CCc2ccc([C@@H]3C(CC[C@H](O)c4ccc(F)cc4)C(=O)N3c3ccc(F)cc3)cc2)COC1. The van der Waals surface area contributed by atoms with Crippen molar-refractivity contribution in [3.63, 3.8) is 0 Å². The summed E-state index contributed by atoms with van der Waals surface area (Å²) in [6.45, 7) is 0.357. The molecule has 7 nitrogen and oxygen atoms in total. The maximum absolute atomic E-state index is 13.6. The van der Waals surface area contributed by atoms with Crippen LogP contribution in [0.25, 0.3) is 0 Å². The van der Waals surface area contributed by atoms with Crippen LogP contribution >= 0.6 is 0 Å². The van der Waals surface area contributed by atoms with Crippen molar-refractivity contribution in [1.29, 1.82) is 0 Å². The predicted octanol–water partition coefficient (Wildman–Crippen LogP) is 4.99. The Kier molecular flexibility index (Phi) is 8.25. The standard InChI is InChI=1S/C31H31F2NO6/c32-23-7-5-21(6-8-23)27(35)14-13-26-29(34(30(26)38)25-11-9-24(33)10-12-25)22-3-1-20(2-4-22)15-16-31(18-39-19-31)40-17-28(36)37/h1-12,26-27,29,35H,13-19H2,(H,36,37)/t26?,27-,29+/m0/s1. The second-order valence-corrected chi connectivity index (χ2v) is 10.5. The Morgan fingerprint density at radius 3 is 2.20 bits per heavy atom. The third-order valence-electron chi connectivity index (χ3n) is 7.75. The van der Waals surface area contributed by atoms with Gasteiger partial charge in [-0.1, -0.05) is 36.4 Å². The molecule has 0 aliphatic carbocycles. The maximum Gasteiger partial charge on any atom is 0.329 e. The van der Waals surface area contributed by atoms with E-state index in [4.69, 9.17) is 14.6 Å². The summed E-state index contributed by atoms with van der Waals surface area (Å²) in [7, 11) is 0. The Morgan fingerprint density at radius 2 is 1.62 bits per heavy atom. The van der Waals surface area contributed by atoms with Gasteiger partial charge in [-0.15, -0.1) is 0 Å². The molecule has 210 valence electrons. The molecular formula is C31H31F2NO6. The van der Waals surface area contributed by atoms with E-state index in [0.717, 1.165) is 11.1 Å². The van der Waals surface area contributed by atoms with Gasteiger partial charge >= 0.3 is 5.97 Å². The van der Waals surface area contributed by atoms with Crippen molar-refractivity contribution in [3.05, 3.63) is 101 Å². The van der Waals surface area contributed by atoms with Gasteiger partial charge in [0.05, 0.1) is 31.3 Å². The first-order chi connectivity index (χ1) is 19.2. The van der Waals surface area contributed by atoms with Crippen LogP contribution in [0.15, 0.2) is 72.8 Å². The molecule has 0 aromatic heterocycles. The van der Waals surface area contributed by atoms with Gasteiger partial charge in [0, 0.05) is 5.69 Å². The minimum Gasteiger partial charge on any atom is -0.480 e. The van der Waals surface area contributed by atoms with E-state index in [1.54, 1.807) is 17.0 Å². The third-order valence-corrected chi connectivity index (χ3v) is 7.75. The molecule has 2 saturated heterocycles. The van der Waals surface area contributed by atoms with Crippen molar-refractivity contribution >= 4 is 17.6 Å². The van der Waals surface area contributed by atoms with Crippen molar-refractivity contribution < 1.29 is 38.1 Å². The predicted molar refractivity (Wildman–Crippen MR) is 143 cm³/mol. The number of aliphatic hydroxyl groups excluding tert-OH is 1. The third kappa shape index (κ3) is 6.06. The number of aliphatic carboxylic acids is 1. The molecule has 2 fully saturated rings. The molecule has 2 heterocycles. The van der Waals surface area contributed by atoms with Crippen LogP contribution < -0.4 is 4.90 Å². The number of carboxylic acids is 1. The van der Waals surface area contributed by atoms with Crippen LogP contribution in [0.1, 0.15) is 48.1 Å². The van der Waals surface area contributed by atoms with Gasteiger partial charge in [-0.05, 0) is 78.8 Å². The van der Waals surface area contributed by atoms with Crippen LogP contribution in [0.4, 0.5) is 14.5 Å². The number of β-lactam (4-membered cyclic amide) rings is 1. The number of hydrogen-bond acceptors (Lipinski definition) is 5. The van der Waals surface area contributed by atoms with E-state index >= 15 is 0 Å².